The molecule has 0 spiro atoms. The molecule has 3 heterocycles. The Morgan fingerprint density at radius 1 is 1.19 bits per heavy atom. The topological polar surface area (TPSA) is 86.2 Å². The Morgan fingerprint density at radius 2 is 1.97 bits per heavy atom. The second kappa shape index (κ2) is 7.47. The lowest BCUT2D eigenvalue weighted by atomic mass is 10.1. The number of aryl methyl sites for hydroxylation is 1. The van der Waals surface area contributed by atoms with Crippen molar-refractivity contribution in [3.8, 4) is 11.4 Å². The van der Waals surface area contributed by atoms with Crippen LogP contribution in [0.15, 0.2) is 51.8 Å². The molecule has 8 heteroatoms. The molecule has 1 aliphatic rings. The zero-order chi connectivity index (χ0) is 22.6. The van der Waals surface area contributed by atoms with Gasteiger partial charge in [0.05, 0.1) is 11.0 Å². The second-order valence-electron chi connectivity index (χ2n) is 8.62. The predicted molar refractivity (Wildman–Crippen MR) is 122 cm³/mol. The van der Waals surface area contributed by atoms with Crippen molar-refractivity contribution in [2.24, 2.45) is 0 Å². The summed E-state index contributed by atoms with van der Waals surface area (Å²) in [6, 6.07) is 13.5. The molecule has 0 unspecified atom stereocenters. The molecule has 5 rings (SSSR count). The number of amides is 1. The van der Waals surface area contributed by atoms with E-state index in [2.05, 4.69) is 16.2 Å². The van der Waals surface area contributed by atoms with E-state index >= 15 is 0 Å². The third kappa shape index (κ3) is 3.14. The molecule has 0 saturated heterocycles. The summed E-state index contributed by atoms with van der Waals surface area (Å²) >= 11 is 0. The predicted octanol–water partition coefficient (Wildman–Crippen LogP) is 3.72. The molecule has 32 heavy (non-hydrogen) atoms. The molecular weight excluding hydrogens is 406 g/mol. The van der Waals surface area contributed by atoms with Gasteiger partial charge < -0.3 is 9.42 Å². The van der Waals surface area contributed by atoms with Gasteiger partial charge in [-0.1, -0.05) is 23.4 Å². The fraction of sp³-hybridized carbons (Fsp3) is 0.333. The van der Waals surface area contributed by atoms with Gasteiger partial charge in [-0.05, 0) is 57.0 Å². The SMILES string of the molecule is Cc1nc(-c2ccc3c(c2)n(CC(=O)N2c4ccccc4C[C@H]2C)c(=O)n3C(C)C)no1. The summed E-state index contributed by atoms with van der Waals surface area (Å²) in [5.41, 5.74) is 4.06. The van der Waals surface area contributed by atoms with E-state index in [1.165, 1.54) is 0 Å². The number of carbonyl (C=O) groups excluding carboxylic acids is 1. The summed E-state index contributed by atoms with van der Waals surface area (Å²) in [4.78, 5) is 32.9. The minimum atomic E-state index is -0.204. The summed E-state index contributed by atoms with van der Waals surface area (Å²) in [6.45, 7) is 7.65. The van der Waals surface area contributed by atoms with Gasteiger partial charge in [0.15, 0.2) is 0 Å². The average Bonchev–Trinajstić information content (AvgIpc) is 3.41. The second-order valence-corrected chi connectivity index (χ2v) is 8.62. The number of rotatable bonds is 4. The summed E-state index contributed by atoms with van der Waals surface area (Å²) in [5.74, 6) is 0.816. The molecule has 2 aromatic heterocycles. The molecular formula is C24H25N5O3. The molecule has 4 aromatic rings. The average molecular weight is 431 g/mol. The third-order valence-electron chi connectivity index (χ3n) is 6.03. The smallest absolute Gasteiger partial charge is 0.329 e. The van der Waals surface area contributed by atoms with Crippen molar-refractivity contribution in [1.82, 2.24) is 19.3 Å². The zero-order valence-electron chi connectivity index (χ0n) is 18.6. The lowest BCUT2D eigenvalue weighted by molar-refractivity contribution is -0.119. The van der Waals surface area contributed by atoms with Gasteiger partial charge in [-0.25, -0.2) is 4.79 Å². The van der Waals surface area contributed by atoms with Gasteiger partial charge in [0.25, 0.3) is 0 Å². The van der Waals surface area contributed by atoms with Crippen LogP contribution in [0.2, 0.25) is 0 Å². The molecule has 164 valence electrons. The first-order valence-corrected chi connectivity index (χ1v) is 10.8. The molecule has 0 bridgehead atoms. The Kier molecular flexibility index (Phi) is 4.73. The monoisotopic (exact) mass is 431 g/mol. The molecule has 8 nitrogen and oxygen atoms in total. The van der Waals surface area contributed by atoms with Crippen LogP contribution in [0.4, 0.5) is 5.69 Å². The quantitative estimate of drug-likeness (QED) is 0.492. The number of hydrogen-bond donors (Lipinski definition) is 0. The van der Waals surface area contributed by atoms with Crippen molar-refractivity contribution in [3.05, 3.63) is 64.4 Å². The summed E-state index contributed by atoms with van der Waals surface area (Å²) in [6.07, 6.45) is 0.811. The van der Waals surface area contributed by atoms with Crippen LogP contribution in [0.1, 0.15) is 38.3 Å². The van der Waals surface area contributed by atoms with Crippen LogP contribution >= 0.6 is 0 Å². The molecule has 0 saturated carbocycles. The Morgan fingerprint density at radius 3 is 2.69 bits per heavy atom. The van der Waals surface area contributed by atoms with Gasteiger partial charge in [0, 0.05) is 30.3 Å². The number of benzene rings is 2. The lowest BCUT2D eigenvalue weighted by Gasteiger charge is -2.23. The van der Waals surface area contributed by atoms with Gasteiger partial charge >= 0.3 is 5.69 Å². The molecule has 1 atom stereocenters. The van der Waals surface area contributed by atoms with E-state index in [0.29, 0.717) is 17.2 Å². The highest BCUT2D eigenvalue weighted by Crippen LogP contribution is 2.32. The van der Waals surface area contributed by atoms with E-state index in [-0.39, 0.29) is 30.2 Å². The van der Waals surface area contributed by atoms with Crippen molar-refractivity contribution < 1.29 is 9.32 Å². The van der Waals surface area contributed by atoms with Crippen LogP contribution in [-0.2, 0) is 17.8 Å². The molecule has 2 aromatic carbocycles. The van der Waals surface area contributed by atoms with Crippen molar-refractivity contribution in [3.63, 3.8) is 0 Å². The Balaban J connectivity index is 1.60. The number of imidazole rings is 1. The van der Waals surface area contributed by atoms with Crippen molar-refractivity contribution in [2.75, 3.05) is 4.90 Å². The van der Waals surface area contributed by atoms with E-state index in [9.17, 15) is 9.59 Å². The van der Waals surface area contributed by atoms with E-state index in [1.54, 1.807) is 16.1 Å². The zero-order valence-corrected chi connectivity index (χ0v) is 18.6. The first kappa shape index (κ1) is 20.2. The standard InChI is InChI=1S/C24H25N5O3/c1-14(2)28-20-10-9-18(23-25-16(4)32-26-23)12-21(20)27(24(28)31)13-22(30)29-15(3)11-17-7-5-6-8-19(17)29/h5-10,12,14-15H,11,13H2,1-4H3/t15-/m1/s1. The number of hydrogen-bond acceptors (Lipinski definition) is 5. The van der Waals surface area contributed by atoms with Crippen molar-refractivity contribution in [2.45, 2.75) is 52.7 Å². The Bertz CT molecular complexity index is 1390. The maximum absolute atomic E-state index is 13.4. The number of fused-ring (bicyclic) bond motifs is 2. The van der Waals surface area contributed by atoms with Crippen LogP contribution in [0.5, 0.6) is 0 Å². The van der Waals surface area contributed by atoms with Gasteiger partial charge in [0.1, 0.15) is 6.54 Å². The maximum atomic E-state index is 13.4. The molecule has 0 aliphatic carbocycles. The van der Waals surface area contributed by atoms with Crippen LogP contribution in [0.25, 0.3) is 22.4 Å². The fourth-order valence-electron chi connectivity index (χ4n) is 4.64. The minimum absolute atomic E-state index is 0.0392. The van der Waals surface area contributed by atoms with Crippen molar-refractivity contribution in [1.29, 1.82) is 0 Å². The Hall–Kier alpha value is -3.68. The Labute approximate surface area is 185 Å². The number of nitrogens with zero attached hydrogens (tertiary/aromatic N) is 5. The van der Waals surface area contributed by atoms with Crippen LogP contribution < -0.4 is 10.6 Å². The number of para-hydroxylation sites is 1. The normalized spacial score (nSPS) is 15.7. The molecule has 1 amide bonds. The number of aromatic nitrogens is 4. The van der Waals surface area contributed by atoms with Crippen molar-refractivity contribution >= 4 is 22.6 Å². The lowest BCUT2D eigenvalue weighted by Crippen LogP contribution is -2.40. The number of anilines is 1. The molecule has 0 fully saturated rings. The van der Waals surface area contributed by atoms with E-state index in [1.807, 2.05) is 62.1 Å². The summed E-state index contributed by atoms with van der Waals surface area (Å²) in [5, 5.41) is 3.99. The maximum Gasteiger partial charge on any atom is 0.329 e. The van der Waals surface area contributed by atoms with Gasteiger partial charge in [-0.15, -0.1) is 0 Å². The van der Waals surface area contributed by atoms with E-state index < -0.39 is 0 Å². The molecule has 1 aliphatic heterocycles. The molecule has 0 N–H and O–H groups in total. The van der Waals surface area contributed by atoms with Crippen LogP contribution in [0, 0.1) is 6.92 Å². The first-order valence-electron chi connectivity index (χ1n) is 10.8. The summed E-state index contributed by atoms with van der Waals surface area (Å²) < 4.78 is 8.38. The van der Waals surface area contributed by atoms with E-state index in [4.69, 9.17) is 4.52 Å². The molecule has 0 radical (unpaired) electrons. The van der Waals surface area contributed by atoms with Crippen LogP contribution in [-0.4, -0.2) is 31.2 Å². The third-order valence-corrected chi connectivity index (χ3v) is 6.03. The van der Waals surface area contributed by atoms with Gasteiger partial charge in [-0.2, -0.15) is 4.98 Å². The highest BCUT2D eigenvalue weighted by Gasteiger charge is 2.31. The largest absolute Gasteiger partial charge is 0.339 e. The number of carbonyl (C=O) groups is 1. The van der Waals surface area contributed by atoms with Crippen LogP contribution in [0.3, 0.4) is 0 Å². The minimum Gasteiger partial charge on any atom is -0.339 e. The summed E-state index contributed by atoms with van der Waals surface area (Å²) in [7, 11) is 0. The van der Waals surface area contributed by atoms with Gasteiger partial charge in [-0.3, -0.25) is 13.9 Å². The highest BCUT2D eigenvalue weighted by molar-refractivity contribution is 5.97. The first-order chi connectivity index (χ1) is 15.3. The van der Waals surface area contributed by atoms with Gasteiger partial charge in [0.2, 0.25) is 17.6 Å². The fourth-order valence-corrected chi connectivity index (χ4v) is 4.64. The van der Waals surface area contributed by atoms with E-state index in [0.717, 1.165) is 28.8 Å². The highest BCUT2D eigenvalue weighted by atomic mass is 16.5.